The second-order valence-corrected chi connectivity index (χ2v) is 4.13. The molecule has 4 heteroatoms. The molecule has 0 radical (unpaired) electrons. The van der Waals surface area contributed by atoms with Crippen LogP contribution < -0.4 is 5.32 Å². The second kappa shape index (κ2) is 6.00. The van der Waals surface area contributed by atoms with Gasteiger partial charge in [0.2, 0.25) is 5.91 Å². The Bertz CT molecular complexity index is 508. The molecular formula is C14H15FN2O. The Morgan fingerprint density at radius 2 is 2.17 bits per heavy atom. The number of carbonyl (C=O) groups is 1. The van der Waals surface area contributed by atoms with E-state index in [1.54, 1.807) is 12.1 Å². The molecule has 0 saturated carbocycles. The van der Waals surface area contributed by atoms with Crippen LogP contribution in [-0.4, -0.2) is 17.4 Å². The standard InChI is InChI=1S/C14H15FN2O/c15-13-3-1-2-12(8-13)9-14(18)17-7-5-11-4-6-16-10-11/h1-4,6,8,10,16H,5,7,9H2,(H,17,18). The molecule has 0 aliphatic heterocycles. The highest BCUT2D eigenvalue weighted by molar-refractivity contribution is 5.78. The van der Waals surface area contributed by atoms with Crippen molar-refractivity contribution in [2.75, 3.05) is 6.54 Å². The Morgan fingerprint density at radius 3 is 2.89 bits per heavy atom. The summed E-state index contributed by atoms with van der Waals surface area (Å²) in [7, 11) is 0. The molecule has 0 atom stereocenters. The topological polar surface area (TPSA) is 44.9 Å². The van der Waals surface area contributed by atoms with Gasteiger partial charge in [-0.1, -0.05) is 12.1 Å². The first-order valence-electron chi connectivity index (χ1n) is 5.87. The first-order valence-corrected chi connectivity index (χ1v) is 5.87. The third-order valence-corrected chi connectivity index (χ3v) is 2.65. The van der Waals surface area contributed by atoms with Gasteiger partial charge < -0.3 is 10.3 Å². The number of hydrogen-bond acceptors (Lipinski definition) is 1. The van der Waals surface area contributed by atoms with Crippen molar-refractivity contribution in [3.8, 4) is 0 Å². The smallest absolute Gasteiger partial charge is 0.224 e. The maximum atomic E-state index is 12.9. The van der Waals surface area contributed by atoms with Crippen LogP contribution >= 0.6 is 0 Å². The van der Waals surface area contributed by atoms with Crippen LogP contribution in [-0.2, 0) is 17.6 Å². The largest absolute Gasteiger partial charge is 0.367 e. The van der Waals surface area contributed by atoms with E-state index >= 15 is 0 Å². The molecule has 18 heavy (non-hydrogen) atoms. The lowest BCUT2D eigenvalue weighted by atomic mass is 10.1. The van der Waals surface area contributed by atoms with E-state index in [0.29, 0.717) is 12.1 Å². The molecule has 2 rings (SSSR count). The van der Waals surface area contributed by atoms with Crippen molar-refractivity contribution in [3.05, 3.63) is 59.7 Å². The Balaban J connectivity index is 1.75. The van der Waals surface area contributed by atoms with Crippen LogP contribution in [0.25, 0.3) is 0 Å². The molecule has 1 heterocycles. The fraction of sp³-hybridized carbons (Fsp3) is 0.214. The van der Waals surface area contributed by atoms with E-state index in [1.807, 2.05) is 18.5 Å². The van der Waals surface area contributed by atoms with Gasteiger partial charge in [0, 0.05) is 18.9 Å². The number of nitrogens with one attached hydrogen (secondary N) is 2. The van der Waals surface area contributed by atoms with Crippen LogP contribution in [0.4, 0.5) is 4.39 Å². The molecule has 0 bridgehead atoms. The Labute approximate surface area is 105 Å². The Morgan fingerprint density at radius 1 is 1.28 bits per heavy atom. The highest BCUT2D eigenvalue weighted by Gasteiger charge is 2.03. The molecule has 1 aromatic carbocycles. The minimum atomic E-state index is -0.312. The number of hydrogen-bond donors (Lipinski definition) is 2. The molecule has 0 spiro atoms. The van der Waals surface area contributed by atoms with Crippen molar-refractivity contribution in [3.63, 3.8) is 0 Å². The van der Waals surface area contributed by atoms with E-state index in [-0.39, 0.29) is 18.1 Å². The van der Waals surface area contributed by atoms with Crippen LogP contribution in [0.2, 0.25) is 0 Å². The van der Waals surface area contributed by atoms with E-state index < -0.39 is 0 Å². The fourth-order valence-electron chi connectivity index (χ4n) is 1.75. The average molecular weight is 246 g/mol. The first kappa shape index (κ1) is 12.4. The summed E-state index contributed by atoms with van der Waals surface area (Å²) in [5, 5.41) is 2.81. The van der Waals surface area contributed by atoms with Gasteiger partial charge in [-0.15, -0.1) is 0 Å². The van der Waals surface area contributed by atoms with E-state index in [0.717, 1.165) is 12.0 Å². The summed E-state index contributed by atoms with van der Waals surface area (Å²) < 4.78 is 12.9. The predicted octanol–water partition coefficient (Wildman–Crippen LogP) is 2.06. The quantitative estimate of drug-likeness (QED) is 0.833. The van der Waals surface area contributed by atoms with Gasteiger partial charge in [-0.2, -0.15) is 0 Å². The summed E-state index contributed by atoms with van der Waals surface area (Å²) in [5.74, 6) is -0.399. The monoisotopic (exact) mass is 246 g/mol. The third-order valence-electron chi connectivity index (χ3n) is 2.65. The lowest BCUT2D eigenvalue weighted by Gasteiger charge is -2.04. The summed E-state index contributed by atoms with van der Waals surface area (Å²) in [6.45, 7) is 0.589. The Hall–Kier alpha value is -2.10. The van der Waals surface area contributed by atoms with Crippen molar-refractivity contribution in [2.24, 2.45) is 0 Å². The van der Waals surface area contributed by atoms with Crippen molar-refractivity contribution in [1.29, 1.82) is 0 Å². The molecular weight excluding hydrogens is 231 g/mol. The number of aromatic nitrogens is 1. The van der Waals surface area contributed by atoms with Gasteiger partial charge in [-0.25, -0.2) is 4.39 Å². The molecule has 0 aliphatic rings. The van der Waals surface area contributed by atoms with E-state index in [2.05, 4.69) is 10.3 Å². The average Bonchev–Trinajstić information content (AvgIpc) is 2.82. The molecule has 1 amide bonds. The molecule has 0 saturated heterocycles. The highest BCUT2D eigenvalue weighted by Crippen LogP contribution is 2.04. The number of benzene rings is 1. The van der Waals surface area contributed by atoms with Gasteiger partial charge in [0.05, 0.1) is 6.42 Å². The number of halogens is 1. The van der Waals surface area contributed by atoms with Gasteiger partial charge in [0.15, 0.2) is 0 Å². The molecule has 1 aromatic heterocycles. The molecule has 0 fully saturated rings. The van der Waals surface area contributed by atoms with Crippen LogP contribution in [0.5, 0.6) is 0 Å². The number of amides is 1. The summed E-state index contributed by atoms with van der Waals surface area (Å²) in [5.41, 5.74) is 1.84. The first-order chi connectivity index (χ1) is 8.74. The van der Waals surface area contributed by atoms with E-state index in [9.17, 15) is 9.18 Å². The van der Waals surface area contributed by atoms with Gasteiger partial charge in [-0.3, -0.25) is 4.79 Å². The molecule has 0 aliphatic carbocycles. The normalized spacial score (nSPS) is 10.3. The lowest BCUT2D eigenvalue weighted by Crippen LogP contribution is -2.27. The van der Waals surface area contributed by atoms with Gasteiger partial charge in [-0.05, 0) is 35.7 Å². The number of H-pyrrole nitrogens is 1. The highest BCUT2D eigenvalue weighted by atomic mass is 19.1. The number of rotatable bonds is 5. The zero-order chi connectivity index (χ0) is 12.8. The van der Waals surface area contributed by atoms with Crippen molar-refractivity contribution in [2.45, 2.75) is 12.8 Å². The second-order valence-electron chi connectivity index (χ2n) is 4.13. The lowest BCUT2D eigenvalue weighted by molar-refractivity contribution is -0.120. The van der Waals surface area contributed by atoms with Crippen LogP contribution in [0, 0.1) is 5.82 Å². The zero-order valence-corrected chi connectivity index (χ0v) is 9.95. The maximum Gasteiger partial charge on any atom is 0.224 e. The number of carbonyl (C=O) groups excluding carboxylic acids is 1. The van der Waals surface area contributed by atoms with Gasteiger partial charge >= 0.3 is 0 Å². The molecule has 0 unspecified atom stereocenters. The van der Waals surface area contributed by atoms with Gasteiger partial charge in [0.1, 0.15) is 5.82 Å². The zero-order valence-electron chi connectivity index (χ0n) is 9.95. The summed E-state index contributed by atoms with van der Waals surface area (Å²) in [6, 6.07) is 8.07. The van der Waals surface area contributed by atoms with Crippen LogP contribution in [0.15, 0.2) is 42.7 Å². The van der Waals surface area contributed by atoms with Crippen LogP contribution in [0.3, 0.4) is 0 Å². The minimum Gasteiger partial charge on any atom is -0.367 e. The summed E-state index contributed by atoms with van der Waals surface area (Å²) in [4.78, 5) is 14.6. The summed E-state index contributed by atoms with van der Waals surface area (Å²) in [6.07, 6.45) is 4.76. The van der Waals surface area contributed by atoms with Crippen molar-refractivity contribution >= 4 is 5.91 Å². The molecule has 2 aromatic rings. The fourth-order valence-corrected chi connectivity index (χ4v) is 1.75. The Kier molecular flexibility index (Phi) is 4.12. The molecule has 94 valence electrons. The van der Waals surface area contributed by atoms with Crippen molar-refractivity contribution in [1.82, 2.24) is 10.3 Å². The molecule has 3 nitrogen and oxygen atoms in total. The van der Waals surface area contributed by atoms with Gasteiger partial charge in [0.25, 0.3) is 0 Å². The summed E-state index contributed by atoms with van der Waals surface area (Å²) >= 11 is 0. The molecule has 2 N–H and O–H groups in total. The minimum absolute atomic E-state index is 0.0869. The van der Waals surface area contributed by atoms with E-state index in [1.165, 1.54) is 12.1 Å². The predicted molar refractivity (Wildman–Crippen MR) is 67.6 cm³/mol. The SMILES string of the molecule is O=C(Cc1cccc(F)c1)NCCc1cc[nH]c1. The van der Waals surface area contributed by atoms with E-state index in [4.69, 9.17) is 0 Å². The van der Waals surface area contributed by atoms with Crippen LogP contribution in [0.1, 0.15) is 11.1 Å². The number of aromatic amines is 1. The third kappa shape index (κ3) is 3.73. The maximum absolute atomic E-state index is 12.9. The van der Waals surface area contributed by atoms with Crippen molar-refractivity contribution < 1.29 is 9.18 Å².